The van der Waals surface area contributed by atoms with Crippen molar-refractivity contribution in [1.82, 2.24) is 9.88 Å². The van der Waals surface area contributed by atoms with E-state index < -0.39 is 0 Å². The van der Waals surface area contributed by atoms with E-state index in [2.05, 4.69) is 15.2 Å². The first-order valence-electron chi connectivity index (χ1n) is 11.1. The van der Waals surface area contributed by atoms with Crippen molar-refractivity contribution in [2.45, 2.75) is 19.3 Å². The molecule has 0 spiro atoms. The van der Waals surface area contributed by atoms with Gasteiger partial charge < -0.3 is 19.7 Å². The van der Waals surface area contributed by atoms with Crippen molar-refractivity contribution < 1.29 is 14.3 Å². The highest BCUT2D eigenvalue weighted by molar-refractivity contribution is 6.31. The van der Waals surface area contributed by atoms with Crippen molar-refractivity contribution >= 4 is 39.8 Å². The van der Waals surface area contributed by atoms with Gasteiger partial charge in [-0.1, -0.05) is 30.2 Å². The van der Waals surface area contributed by atoms with Crippen LogP contribution >= 0.6 is 11.6 Å². The Hall–Kier alpha value is -2.67. The number of fused-ring (bicyclic) bond motifs is 1. The molecule has 0 aliphatic carbocycles. The molecule has 168 valence electrons. The smallest absolute Gasteiger partial charge is 0.340 e. The lowest BCUT2D eigenvalue weighted by atomic mass is 10.1. The zero-order valence-corrected chi connectivity index (χ0v) is 18.8. The number of aromatic nitrogens is 1. The Labute approximate surface area is 193 Å². The van der Waals surface area contributed by atoms with E-state index in [9.17, 15) is 4.79 Å². The number of likely N-dealkylation sites (tertiary alicyclic amines) is 1. The Morgan fingerprint density at radius 2 is 1.84 bits per heavy atom. The van der Waals surface area contributed by atoms with E-state index in [4.69, 9.17) is 21.1 Å². The summed E-state index contributed by atoms with van der Waals surface area (Å²) in [5.74, 6) is -0.380. The monoisotopic (exact) mass is 453 g/mol. The number of rotatable bonds is 9. The summed E-state index contributed by atoms with van der Waals surface area (Å²) in [6, 6.07) is 14.7. The molecule has 0 bridgehead atoms. The number of nitrogens with one attached hydrogen (secondary N) is 1. The van der Waals surface area contributed by atoms with Crippen LogP contribution in [-0.4, -0.2) is 55.3 Å². The van der Waals surface area contributed by atoms with E-state index in [0.717, 1.165) is 36.2 Å². The van der Waals surface area contributed by atoms with Crippen LogP contribution < -0.4 is 5.32 Å². The number of anilines is 2. The van der Waals surface area contributed by atoms with Crippen molar-refractivity contribution in [1.29, 1.82) is 0 Å². The van der Waals surface area contributed by atoms with E-state index in [-0.39, 0.29) is 12.6 Å². The average Bonchev–Trinajstić information content (AvgIpc) is 2.82. The maximum Gasteiger partial charge on any atom is 0.340 e. The van der Waals surface area contributed by atoms with Gasteiger partial charge in [0.25, 0.3) is 0 Å². The summed E-state index contributed by atoms with van der Waals surface area (Å²) in [6.45, 7) is 4.53. The Kier molecular flexibility index (Phi) is 7.93. The minimum atomic E-state index is -0.380. The minimum absolute atomic E-state index is 0.226. The molecule has 32 heavy (non-hydrogen) atoms. The highest BCUT2D eigenvalue weighted by Gasteiger charge is 2.14. The van der Waals surface area contributed by atoms with Crippen molar-refractivity contribution in [2.24, 2.45) is 0 Å². The molecule has 0 saturated carbocycles. The maximum absolute atomic E-state index is 12.7. The molecule has 1 N–H and O–H groups in total. The SMILES string of the molecule is O=C(OCCOCCN1CCCCC1)c1ccccc1Nc1ccnc2cc(Cl)ccc12. The first-order valence-corrected chi connectivity index (χ1v) is 11.5. The lowest BCUT2D eigenvalue weighted by Crippen LogP contribution is -2.32. The van der Waals surface area contributed by atoms with Crippen LogP contribution in [0.3, 0.4) is 0 Å². The standard InChI is InChI=1S/C25H28ClN3O3/c26-19-8-9-20-23(10-11-27-24(20)18-19)28-22-7-3-2-6-21(22)25(30)32-17-16-31-15-14-29-12-4-1-5-13-29/h2-3,6-11,18H,1,4-5,12-17H2,(H,27,28). The number of nitrogens with zero attached hydrogens (tertiary/aromatic N) is 2. The highest BCUT2D eigenvalue weighted by atomic mass is 35.5. The van der Waals surface area contributed by atoms with Gasteiger partial charge in [-0.2, -0.15) is 0 Å². The molecule has 1 fully saturated rings. The molecule has 2 aromatic carbocycles. The molecule has 3 aromatic rings. The first kappa shape index (κ1) is 22.5. The largest absolute Gasteiger partial charge is 0.460 e. The molecule has 0 unspecified atom stereocenters. The topological polar surface area (TPSA) is 63.7 Å². The second-order valence-electron chi connectivity index (χ2n) is 7.84. The molecule has 0 radical (unpaired) electrons. The number of hydrogen-bond acceptors (Lipinski definition) is 6. The lowest BCUT2D eigenvalue weighted by Gasteiger charge is -2.26. The fourth-order valence-corrected chi connectivity index (χ4v) is 4.06. The molecule has 1 aliphatic rings. The van der Waals surface area contributed by atoms with Gasteiger partial charge in [-0.15, -0.1) is 0 Å². The van der Waals surface area contributed by atoms with Gasteiger partial charge in [-0.3, -0.25) is 4.98 Å². The number of esters is 1. The summed E-state index contributed by atoms with van der Waals surface area (Å²) < 4.78 is 11.1. The number of ether oxygens (including phenoxy) is 2. The summed E-state index contributed by atoms with van der Waals surface area (Å²) >= 11 is 6.08. The van der Waals surface area contributed by atoms with Crippen molar-refractivity contribution in [3.05, 3.63) is 65.3 Å². The number of piperidine rings is 1. The van der Waals surface area contributed by atoms with Gasteiger partial charge in [-0.25, -0.2) is 4.79 Å². The molecular formula is C25H28ClN3O3. The van der Waals surface area contributed by atoms with Crippen LogP contribution in [0.4, 0.5) is 11.4 Å². The predicted octanol–water partition coefficient (Wildman–Crippen LogP) is 5.29. The number of carbonyl (C=O) groups excluding carboxylic acids is 1. The zero-order valence-electron chi connectivity index (χ0n) is 18.1. The average molecular weight is 454 g/mol. The Morgan fingerprint density at radius 3 is 2.72 bits per heavy atom. The third-order valence-corrected chi connectivity index (χ3v) is 5.82. The van der Waals surface area contributed by atoms with Crippen LogP contribution in [0.25, 0.3) is 10.9 Å². The number of benzene rings is 2. The number of carbonyl (C=O) groups is 1. The van der Waals surface area contributed by atoms with Gasteiger partial charge in [0, 0.05) is 28.8 Å². The maximum atomic E-state index is 12.7. The Morgan fingerprint density at radius 1 is 1.00 bits per heavy atom. The van der Waals surface area contributed by atoms with Gasteiger partial charge in [0.05, 0.1) is 30.0 Å². The number of para-hydroxylation sites is 1. The molecule has 4 rings (SSSR count). The molecule has 2 heterocycles. The molecule has 0 atom stereocenters. The van der Waals surface area contributed by atoms with E-state index in [1.807, 2.05) is 42.5 Å². The third-order valence-electron chi connectivity index (χ3n) is 5.58. The predicted molar refractivity (Wildman–Crippen MR) is 128 cm³/mol. The number of hydrogen-bond donors (Lipinski definition) is 1. The zero-order chi connectivity index (χ0) is 22.2. The van der Waals surface area contributed by atoms with Crippen molar-refractivity contribution in [3.8, 4) is 0 Å². The van der Waals surface area contributed by atoms with E-state index in [0.29, 0.717) is 29.5 Å². The third kappa shape index (κ3) is 5.97. The van der Waals surface area contributed by atoms with Crippen LogP contribution in [0.2, 0.25) is 5.02 Å². The molecule has 1 aliphatic heterocycles. The molecular weight excluding hydrogens is 426 g/mol. The summed E-state index contributed by atoms with van der Waals surface area (Å²) in [5, 5.41) is 4.89. The Bertz CT molecular complexity index is 1050. The van der Waals surface area contributed by atoms with Crippen molar-refractivity contribution in [2.75, 3.05) is 44.8 Å². The lowest BCUT2D eigenvalue weighted by molar-refractivity contribution is 0.0275. The van der Waals surface area contributed by atoms with Crippen LogP contribution in [-0.2, 0) is 9.47 Å². The van der Waals surface area contributed by atoms with Gasteiger partial charge in [0.1, 0.15) is 6.61 Å². The molecule has 1 saturated heterocycles. The van der Waals surface area contributed by atoms with E-state index >= 15 is 0 Å². The van der Waals surface area contributed by atoms with Crippen molar-refractivity contribution in [3.63, 3.8) is 0 Å². The van der Waals surface area contributed by atoms with E-state index in [1.165, 1.54) is 19.3 Å². The summed E-state index contributed by atoms with van der Waals surface area (Å²) in [5.41, 5.74) is 2.77. The molecule has 6 nitrogen and oxygen atoms in total. The fourth-order valence-electron chi connectivity index (χ4n) is 3.90. The summed E-state index contributed by atoms with van der Waals surface area (Å²) in [7, 11) is 0. The fraction of sp³-hybridized carbons (Fsp3) is 0.360. The Balaban J connectivity index is 1.31. The van der Waals surface area contributed by atoms with Gasteiger partial charge in [0.2, 0.25) is 0 Å². The van der Waals surface area contributed by atoms with Crippen LogP contribution in [0, 0.1) is 0 Å². The normalized spacial score (nSPS) is 14.4. The molecule has 7 heteroatoms. The number of halogens is 1. The molecule has 1 aromatic heterocycles. The van der Waals surface area contributed by atoms with Crippen LogP contribution in [0.5, 0.6) is 0 Å². The van der Waals surface area contributed by atoms with Crippen LogP contribution in [0.1, 0.15) is 29.6 Å². The summed E-state index contributed by atoms with van der Waals surface area (Å²) in [6.07, 6.45) is 5.58. The van der Waals surface area contributed by atoms with E-state index in [1.54, 1.807) is 12.3 Å². The quantitative estimate of drug-likeness (QED) is 0.351. The van der Waals surface area contributed by atoms with Gasteiger partial charge in [-0.05, 0) is 62.3 Å². The second kappa shape index (κ2) is 11.3. The first-order chi connectivity index (χ1) is 15.7. The number of pyridine rings is 1. The second-order valence-corrected chi connectivity index (χ2v) is 8.28. The van der Waals surface area contributed by atoms with Gasteiger partial charge >= 0.3 is 5.97 Å². The minimum Gasteiger partial charge on any atom is -0.460 e. The molecule has 0 amide bonds. The van der Waals surface area contributed by atoms with Crippen LogP contribution in [0.15, 0.2) is 54.7 Å². The highest BCUT2D eigenvalue weighted by Crippen LogP contribution is 2.28. The van der Waals surface area contributed by atoms with Gasteiger partial charge in [0.15, 0.2) is 0 Å². The summed E-state index contributed by atoms with van der Waals surface area (Å²) in [4.78, 5) is 19.5.